The highest BCUT2D eigenvalue weighted by molar-refractivity contribution is 6.01. The van der Waals surface area contributed by atoms with Gasteiger partial charge in [-0.3, -0.25) is 14.4 Å². The van der Waals surface area contributed by atoms with Gasteiger partial charge in [0.05, 0.1) is 0 Å². The molecular formula is C26H34O4. The summed E-state index contributed by atoms with van der Waals surface area (Å²) in [6.07, 6.45) is 12.9. The number of hydrogen-bond acceptors (Lipinski definition) is 4. The first-order chi connectivity index (χ1) is 14.1. The number of ether oxygens (including phenoxy) is 1. The Morgan fingerprint density at radius 3 is 2.63 bits per heavy atom. The van der Waals surface area contributed by atoms with Crippen molar-refractivity contribution in [3.63, 3.8) is 0 Å². The van der Waals surface area contributed by atoms with Gasteiger partial charge in [0.1, 0.15) is 0 Å². The van der Waals surface area contributed by atoms with Gasteiger partial charge < -0.3 is 4.74 Å². The maximum Gasteiger partial charge on any atom is 0.303 e. The minimum Gasteiger partial charge on any atom is -0.458 e. The molecule has 0 N–H and O–H groups in total. The van der Waals surface area contributed by atoms with Crippen LogP contribution < -0.4 is 0 Å². The number of Topliss-reactive ketones (excluding diaryl/α,β-unsaturated/α-hetero) is 1. The topological polar surface area (TPSA) is 60.4 Å². The molecule has 0 aromatic rings. The van der Waals surface area contributed by atoms with E-state index in [4.69, 9.17) is 4.74 Å². The fourth-order valence-corrected chi connectivity index (χ4v) is 7.36. The van der Waals surface area contributed by atoms with Crippen LogP contribution in [0.25, 0.3) is 0 Å². The van der Waals surface area contributed by atoms with Crippen LogP contribution in [0.2, 0.25) is 0 Å². The van der Waals surface area contributed by atoms with Gasteiger partial charge in [0, 0.05) is 17.8 Å². The molecule has 0 bridgehead atoms. The summed E-state index contributed by atoms with van der Waals surface area (Å²) in [5, 5.41) is 0. The van der Waals surface area contributed by atoms with Crippen LogP contribution in [0.3, 0.4) is 0 Å². The molecule has 4 nitrogen and oxygen atoms in total. The summed E-state index contributed by atoms with van der Waals surface area (Å²) in [6, 6.07) is 0. The van der Waals surface area contributed by atoms with E-state index in [2.05, 4.69) is 39.8 Å². The van der Waals surface area contributed by atoms with Gasteiger partial charge in [-0.05, 0) is 67.9 Å². The van der Waals surface area contributed by atoms with Gasteiger partial charge in [0.25, 0.3) is 0 Å². The molecule has 0 saturated heterocycles. The predicted octanol–water partition coefficient (Wildman–Crippen LogP) is 4.99. The zero-order valence-corrected chi connectivity index (χ0v) is 18.9. The molecule has 0 aromatic carbocycles. The smallest absolute Gasteiger partial charge is 0.303 e. The number of allylic oxidation sites excluding steroid dienone is 6. The van der Waals surface area contributed by atoms with E-state index in [9.17, 15) is 14.4 Å². The Kier molecular flexibility index (Phi) is 4.99. The third-order valence-electron chi connectivity index (χ3n) is 9.36. The average Bonchev–Trinajstić information content (AvgIpc) is 2.94. The minimum atomic E-state index is -0.501. The second-order valence-electron chi connectivity index (χ2n) is 10.4. The molecule has 4 aliphatic rings. The van der Waals surface area contributed by atoms with Crippen LogP contribution >= 0.6 is 0 Å². The first-order valence-electron chi connectivity index (χ1n) is 11.4. The van der Waals surface area contributed by atoms with Gasteiger partial charge in [-0.25, -0.2) is 0 Å². The normalized spacial score (nSPS) is 41.9. The lowest BCUT2D eigenvalue weighted by atomic mass is 9.49. The molecule has 0 radical (unpaired) electrons. The molecule has 4 aliphatic carbocycles. The summed E-state index contributed by atoms with van der Waals surface area (Å²) in [7, 11) is 0. The van der Waals surface area contributed by atoms with Crippen molar-refractivity contribution >= 4 is 17.5 Å². The third-order valence-corrected chi connectivity index (χ3v) is 9.36. The van der Waals surface area contributed by atoms with Gasteiger partial charge in [-0.2, -0.15) is 0 Å². The molecule has 0 amide bonds. The lowest BCUT2D eigenvalue weighted by Crippen LogP contribution is -2.51. The standard InChI is InChI=1S/C26H34O4/c1-6-17-14-22-20-8-7-18-13-19(28)9-11-24(18,3)21(20)10-12-25(22,4)26(17,5)23(29)15-30-16(2)27/h9-11,13,17,20,22H,6-8,12,14-15H2,1-5H3/t17-,20?,22?,24+,25+,26?/m1/s1. The lowest BCUT2D eigenvalue weighted by molar-refractivity contribution is -0.153. The van der Waals surface area contributed by atoms with Crippen molar-refractivity contribution in [2.75, 3.05) is 6.61 Å². The summed E-state index contributed by atoms with van der Waals surface area (Å²) < 4.78 is 5.15. The summed E-state index contributed by atoms with van der Waals surface area (Å²) in [6.45, 7) is 10.1. The first-order valence-corrected chi connectivity index (χ1v) is 11.4. The Morgan fingerprint density at radius 2 is 1.97 bits per heavy atom. The zero-order chi connectivity index (χ0) is 21.9. The average molecular weight is 411 g/mol. The number of ketones is 2. The maximum atomic E-state index is 13.4. The van der Waals surface area contributed by atoms with E-state index >= 15 is 0 Å². The van der Waals surface area contributed by atoms with Crippen molar-refractivity contribution in [3.05, 3.63) is 35.5 Å². The van der Waals surface area contributed by atoms with Crippen molar-refractivity contribution in [3.8, 4) is 0 Å². The lowest BCUT2D eigenvalue weighted by Gasteiger charge is -2.54. The summed E-state index contributed by atoms with van der Waals surface area (Å²) >= 11 is 0. The molecule has 6 atom stereocenters. The first kappa shape index (κ1) is 21.3. The Hall–Kier alpha value is -1.97. The van der Waals surface area contributed by atoms with E-state index in [0.29, 0.717) is 11.8 Å². The van der Waals surface area contributed by atoms with Crippen LogP contribution in [0.1, 0.15) is 66.7 Å². The maximum absolute atomic E-state index is 13.4. The highest BCUT2D eigenvalue weighted by atomic mass is 16.5. The number of carbonyl (C=O) groups is 3. The molecule has 0 heterocycles. The van der Waals surface area contributed by atoms with Crippen molar-refractivity contribution in [1.82, 2.24) is 0 Å². The fraction of sp³-hybridized carbons (Fsp3) is 0.654. The molecule has 162 valence electrons. The van der Waals surface area contributed by atoms with Crippen molar-refractivity contribution in [2.24, 2.45) is 34.0 Å². The highest BCUT2D eigenvalue weighted by Gasteiger charge is 2.65. The summed E-state index contributed by atoms with van der Waals surface area (Å²) in [5.41, 5.74) is 1.86. The van der Waals surface area contributed by atoms with Crippen LogP contribution in [-0.4, -0.2) is 24.1 Å². The van der Waals surface area contributed by atoms with Gasteiger partial charge in [-0.15, -0.1) is 0 Å². The Bertz CT molecular complexity index is 893. The van der Waals surface area contributed by atoms with E-state index in [1.54, 1.807) is 6.08 Å². The van der Waals surface area contributed by atoms with E-state index in [1.807, 2.05) is 6.08 Å². The molecule has 4 rings (SSSR count). The van der Waals surface area contributed by atoms with Gasteiger partial charge >= 0.3 is 5.97 Å². The fourth-order valence-electron chi connectivity index (χ4n) is 7.36. The number of hydrogen-bond donors (Lipinski definition) is 0. The molecule has 3 unspecified atom stereocenters. The van der Waals surface area contributed by atoms with Crippen molar-refractivity contribution in [1.29, 1.82) is 0 Å². The molecule has 0 aliphatic heterocycles. The van der Waals surface area contributed by atoms with Crippen LogP contribution in [0.5, 0.6) is 0 Å². The largest absolute Gasteiger partial charge is 0.458 e. The minimum absolute atomic E-state index is 0.0668. The predicted molar refractivity (Wildman–Crippen MR) is 116 cm³/mol. The van der Waals surface area contributed by atoms with Crippen molar-refractivity contribution < 1.29 is 19.1 Å². The number of carbonyl (C=O) groups excluding carboxylic acids is 3. The Balaban J connectivity index is 1.73. The molecule has 2 saturated carbocycles. The molecule has 30 heavy (non-hydrogen) atoms. The Labute approximate surface area is 179 Å². The van der Waals surface area contributed by atoms with Crippen LogP contribution in [0.4, 0.5) is 0 Å². The van der Waals surface area contributed by atoms with Gasteiger partial charge in [0.15, 0.2) is 18.2 Å². The van der Waals surface area contributed by atoms with E-state index < -0.39 is 11.4 Å². The number of esters is 1. The van der Waals surface area contributed by atoms with Crippen molar-refractivity contribution in [2.45, 2.75) is 66.7 Å². The monoisotopic (exact) mass is 410 g/mol. The SMILES string of the molecule is CC[C@@H]1CC2C3CCC4=CC(=O)C=C[C@]4(C)C3=CC[C@]2(C)C1(C)C(=O)COC(C)=O. The Morgan fingerprint density at radius 1 is 1.23 bits per heavy atom. The van der Waals surface area contributed by atoms with Crippen LogP contribution in [0, 0.1) is 34.0 Å². The van der Waals surface area contributed by atoms with Crippen LogP contribution in [-0.2, 0) is 19.1 Å². The zero-order valence-electron chi connectivity index (χ0n) is 18.9. The second-order valence-corrected chi connectivity index (χ2v) is 10.4. The van der Waals surface area contributed by atoms with E-state index in [-0.39, 0.29) is 34.9 Å². The molecule has 0 aromatic heterocycles. The summed E-state index contributed by atoms with van der Waals surface area (Å²) in [4.78, 5) is 36.7. The van der Waals surface area contributed by atoms with E-state index in [1.165, 1.54) is 18.1 Å². The molecule has 2 fully saturated rings. The highest BCUT2D eigenvalue weighted by Crippen LogP contribution is 2.70. The van der Waals surface area contributed by atoms with E-state index in [0.717, 1.165) is 32.1 Å². The number of rotatable bonds is 4. The molecule has 0 spiro atoms. The second kappa shape index (κ2) is 7.03. The summed E-state index contributed by atoms with van der Waals surface area (Å²) in [5.74, 6) is 0.911. The molecule has 4 heteroatoms. The third kappa shape index (κ3) is 2.75. The quantitative estimate of drug-likeness (QED) is 0.484. The van der Waals surface area contributed by atoms with Crippen LogP contribution in [0.15, 0.2) is 35.5 Å². The van der Waals surface area contributed by atoms with Gasteiger partial charge in [0.2, 0.25) is 0 Å². The molecular weight excluding hydrogens is 376 g/mol. The number of fused-ring (bicyclic) bond motifs is 5. The van der Waals surface area contributed by atoms with Gasteiger partial charge in [-0.1, -0.05) is 50.5 Å².